The number of halogens is 1. The van der Waals surface area contributed by atoms with E-state index in [1.807, 2.05) is 18.2 Å². The van der Waals surface area contributed by atoms with E-state index in [0.29, 0.717) is 60.5 Å². The van der Waals surface area contributed by atoms with Crippen molar-refractivity contribution < 1.29 is 19.1 Å². The molecule has 7 heteroatoms. The highest BCUT2D eigenvalue weighted by Gasteiger charge is 2.18. The maximum Gasteiger partial charge on any atom is 0.259 e. The fourth-order valence-corrected chi connectivity index (χ4v) is 3.49. The molecule has 0 saturated carbocycles. The predicted molar refractivity (Wildman–Crippen MR) is 123 cm³/mol. The van der Waals surface area contributed by atoms with Crippen molar-refractivity contribution in [3.63, 3.8) is 0 Å². The van der Waals surface area contributed by atoms with Gasteiger partial charge in [-0.3, -0.25) is 9.59 Å². The lowest BCUT2D eigenvalue weighted by atomic mass is 10.1. The number of nitrogens with zero attached hydrogens (tertiary/aromatic N) is 1. The third kappa shape index (κ3) is 5.46. The van der Waals surface area contributed by atoms with Crippen LogP contribution in [0.25, 0.3) is 0 Å². The lowest BCUT2D eigenvalue weighted by Gasteiger charge is -2.26. The second kappa shape index (κ2) is 10.3. The van der Waals surface area contributed by atoms with Crippen LogP contribution in [0.15, 0.2) is 72.8 Å². The Morgan fingerprint density at radius 1 is 0.938 bits per heavy atom. The molecule has 32 heavy (non-hydrogen) atoms. The van der Waals surface area contributed by atoms with E-state index in [0.717, 1.165) is 5.56 Å². The van der Waals surface area contributed by atoms with Gasteiger partial charge in [-0.15, -0.1) is 0 Å². The lowest BCUT2D eigenvalue weighted by molar-refractivity contribution is 0.0303. The molecule has 6 nitrogen and oxygen atoms in total. The number of rotatable bonds is 6. The summed E-state index contributed by atoms with van der Waals surface area (Å²) < 4.78 is 11.2. The first-order valence-electron chi connectivity index (χ1n) is 10.3. The first-order chi connectivity index (χ1) is 15.6. The number of hydrogen-bond acceptors (Lipinski definition) is 4. The molecule has 3 aromatic rings. The molecule has 0 spiro atoms. The summed E-state index contributed by atoms with van der Waals surface area (Å²) in [6.07, 6.45) is 0. The van der Waals surface area contributed by atoms with E-state index in [9.17, 15) is 9.59 Å². The molecule has 0 unspecified atom stereocenters. The Bertz CT molecular complexity index is 1080. The summed E-state index contributed by atoms with van der Waals surface area (Å²) in [6, 6.07) is 21.3. The van der Waals surface area contributed by atoms with Gasteiger partial charge in [0, 0.05) is 29.4 Å². The van der Waals surface area contributed by atoms with Gasteiger partial charge in [0.1, 0.15) is 12.4 Å². The van der Waals surface area contributed by atoms with Gasteiger partial charge in [-0.1, -0.05) is 35.9 Å². The van der Waals surface area contributed by atoms with Crippen molar-refractivity contribution in [1.82, 2.24) is 4.90 Å². The first kappa shape index (κ1) is 21.9. The van der Waals surface area contributed by atoms with E-state index in [4.69, 9.17) is 21.1 Å². The van der Waals surface area contributed by atoms with Crippen molar-refractivity contribution in [3.8, 4) is 5.75 Å². The monoisotopic (exact) mass is 450 g/mol. The van der Waals surface area contributed by atoms with Crippen molar-refractivity contribution >= 4 is 29.1 Å². The zero-order valence-electron chi connectivity index (χ0n) is 17.4. The number of benzene rings is 3. The molecule has 1 heterocycles. The minimum atomic E-state index is -0.288. The van der Waals surface area contributed by atoms with Crippen molar-refractivity contribution in [2.75, 3.05) is 31.6 Å². The number of morpholine rings is 1. The van der Waals surface area contributed by atoms with Crippen LogP contribution in [0.3, 0.4) is 0 Å². The van der Waals surface area contributed by atoms with Gasteiger partial charge >= 0.3 is 0 Å². The molecule has 1 N–H and O–H groups in total. The van der Waals surface area contributed by atoms with E-state index < -0.39 is 0 Å². The van der Waals surface area contributed by atoms with Crippen molar-refractivity contribution in [2.24, 2.45) is 0 Å². The van der Waals surface area contributed by atoms with E-state index >= 15 is 0 Å². The van der Waals surface area contributed by atoms with Gasteiger partial charge in [0.15, 0.2) is 0 Å². The highest BCUT2D eigenvalue weighted by Crippen LogP contribution is 2.22. The molecule has 3 aromatic carbocycles. The highest BCUT2D eigenvalue weighted by atomic mass is 35.5. The summed E-state index contributed by atoms with van der Waals surface area (Å²) in [4.78, 5) is 27.2. The first-order valence-corrected chi connectivity index (χ1v) is 10.7. The molecule has 0 radical (unpaired) electrons. The number of nitrogens with one attached hydrogen (secondary N) is 1. The number of anilines is 1. The molecule has 1 aliphatic rings. The van der Waals surface area contributed by atoms with Gasteiger partial charge in [0.2, 0.25) is 0 Å². The minimum Gasteiger partial charge on any atom is -0.488 e. The van der Waals surface area contributed by atoms with Gasteiger partial charge in [0.05, 0.1) is 18.8 Å². The predicted octanol–water partition coefficient (Wildman–Crippen LogP) is 4.64. The zero-order valence-corrected chi connectivity index (χ0v) is 18.2. The van der Waals surface area contributed by atoms with Gasteiger partial charge in [-0.25, -0.2) is 0 Å². The van der Waals surface area contributed by atoms with Crippen LogP contribution in [-0.4, -0.2) is 43.0 Å². The number of amides is 2. The van der Waals surface area contributed by atoms with Crippen molar-refractivity contribution in [2.45, 2.75) is 6.61 Å². The molecule has 4 rings (SSSR count). The molecule has 0 atom stereocenters. The molecule has 1 saturated heterocycles. The molecular formula is C25H23ClN2O4. The Morgan fingerprint density at radius 3 is 2.34 bits per heavy atom. The quantitative estimate of drug-likeness (QED) is 0.594. The highest BCUT2D eigenvalue weighted by molar-refractivity contribution is 6.30. The summed E-state index contributed by atoms with van der Waals surface area (Å²) in [5, 5.41) is 3.53. The average Bonchev–Trinajstić information content (AvgIpc) is 2.84. The summed E-state index contributed by atoms with van der Waals surface area (Å²) in [5.74, 6) is 0.162. The maximum absolute atomic E-state index is 12.9. The molecule has 164 valence electrons. The summed E-state index contributed by atoms with van der Waals surface area (Å²) in [7, 11) is 0. The van der Waals surface area contributed by atoms with E-state index in [1.54, 1.807) is 59.5 Å². The molecule has 0 aromatic heterocycles. The Kier molecular flexibility index (Phi) is 7.04. The van der Waals surface area contributed by atoms with Gasteiger partial charge in [-0.05, 0) is 54.1 Å². The SMILES string of the molecule is O=C(Nc1ccc(C(=O)N2CCOCC2)cc1)c1ccccc1OCc1ccc(Cl)cc1. The Morgan fingerprint density at radius 2 is 1.62 bits per heavy atom. The molecule has 2 amide bonds. The van der Waals surface area contributed by atoms with Crippen molar-refractivity contribution in [3.05, 3.63) is 94.5 Å². The topological polar surface area (TPSA) is 67.9 Å². The standard InChI is InChI=1S/C25H23ClN2O4/c26-20-9-5-18(6-10-20)17-32-23-4-2-1-3-22(23)24(29)27-21-11-7-19(8-12-21)25(30)28-13-15-31-16-14-28/h1-12H,13-17H2,(H,27,29). The fraction of sp³-hybridized carbons (Fsp3) is 0.200. The minimum absolute atomic E-state index is 0.0351. The van der Waals surface area contributed by atoms with Gasteiger partial charge < -0.3 is 19.7 Å². The van der Waals surface area contributed by atoms with E-state index in [1.165, 1.54) is 0 Å². The second-order valence-electron chi connectivity index (χ2n) is 7.35. The number of carbonyl (C=O) groups is 2. The number of hydrogen-bond donors (Lipinski definition) is 1. The Labute approximate surface area is 191 Å². The third-order valence-electron chi connectivity index (χ3n) is 5.13. The lowest BCUT2D eigenvalue weighted by Crippen LogP contribution is -2.40. The Hall–Kier alpha value is -3.35. The molecular weight excluding hydrogens is 428 g/mol. The van der Waals surface area contributed by atoms with Crippen molar-refractivity contribution in [1.29, 1.82) is 0 Å². The molecule has 1 aliphatic heterocycles. The van der Waals surface area contributed by atoms with Crippen LogP contribution in [0.4, 0.5) is 5.69 Å². The Balaban J connectivity index is 1.40. The number of para-hydroxylation sites is 1. The largest absolute Gasteiger partial charge is 0.488 e. The summed E-state index contributed by atoms with van der Waals surface area (Å²) in [5.41, 5.74) is 2.55. The van der Waals surface area contributed by atoms with Crippen LogP contribution in [0.2, 0.25) is 5.02 Å². The zero-order chi connectivity index (χ0) is 22.3. The smallest absolute Gasteiger partial charge is 0.259 e. The van der Waals surface area contributed by atoms with Crippen LogP contribution in [0, 0.1) is 0 Å². The molecule has 1 fully saturated rings. The van der Waals surface area contributed by atoms with Crippen LogP contribution >= 0.6 is 11.6 Å². The number of carbonyl (C=O) groups excluding carboxylic acids is 2. The molecule has 0 aliphatic carbocycles. The van der Waals surface area contributed by atoms with Gasteiger partial charge in [0.25, 0.3) is 11.8 Å². The third-order valence-corrected chi connectivity index (χ3v) is 5.38. The fourth-order valence-electron chi connectivity index (χ4n) is 3.37. The second-order valence-corrected chi connectivity index (χ2v) is 7.78. The average molecular weight is 451 g/mol. The van der Waals surface area contributed by atoms with Crippen LogP contribution in [0.1, 0.15) is 26.3 Å². The van der Waals surface area contributed by atoms with Crippen LogP contribution < -0.4 is 10.1 Å². The van der Waals surface area contributed by atoms with Crippen LogP contribution in [-0.2, 0) is 11.3 Å². The van der Waals surface area contributed by atoms with E-state index in [-0.39, 0.29) is 11.8 Å². The van der Waals surface area contributed by atoms with Gasteiger partial charge in [-0.2, -0.15) is 0 Å². The maximum atomic E-state index is 12.9. The van der Waals surface area contributed by atoms with E-state index in [2.05, 4.69) is 5.32 Å². The van der Waals surface area contributed by atoms with Crippen LogP contribution in [0.5, 0.6) is 5.75 Å². The summed E-state index contributed by atoms with van der Waals surface area (Å²) >= 11 is 5.92. The normalized spacial score (nSPS) is 13.5. The molecule has 0 bridgehead atoms. The number of ether oxygens (including phenoxy) is 2. The summed E-state index contributed by atoms with van der Waals surface area (Å²) in [6.45, 7) is 2.60.